The van der Waals surface area contributed by atoms with Gasteiger partial charge in [-0.2, -0.15) is 0 Å². The molecule has 3 N–H and O–H groups in total. The Morgan fingerprint density at radius 3 is 2.65 bits per heavy atom. The van der Waals surface area contributed by atoms with Gasteiger partial charge in [-0.3, -0.25) is 14.9 Å². The minimum atomic E-state index is -1.06. The average molecular weight is 281 g/mol. The number of ether oxygens (including phenoxy) is 1. The van der Waals surface area contributed by atoms with Gasteiger partial charge in [0.05, 0.1) is 25.0 Å². The maximum Gasteiger partial charge on any atom is 0.251 e. The molecule has 1 fully saturated rings. The maximum atomic E-state index is 14.1. The van der Waals surface area contributed by atoms with Crippen LogP contribution in [-0.2, 0) is 9.59 Å². The van der Waals surface area contributed by atoms with Crippen molar-refractivity contribution in [3.05, 3.63) is 17.9 Å². The van der Waals surface area contributed by atoms with Crippen LogP contribution < -0.4 is 20.7 Å². The second-order valence-corrected chi connectivity index (χ2v) is 5.07. The number of nitrogen functional groups attached to an aromatic ring is 1. The summed E-state index contributed by atoms with van der Waals surface area (Å²) in [6.07, 6.45) is 0. The molecule has 108 valence electrons. The first-order valence-electron chi connectivity index (χ1n) is 6.02. The molecule has 0 unspecified atom stereocenters. The van der Waals surface area contributed by atoms with Crippen LogP contribution in [0.1, 0.15) is 13.8 Å². The summed E-state index contributed by atoms with van der Waals surface area (Å²) >= 11 is 0. The minimum Gasteiger partial charge on any atom is -0.495 e. The topological polar surface area (TPSA) is 84.7 Å². The summed E-state index contributed by atoms with van der Waals surface area (Å²) in [5, 5.41) is 2.23. The molecular weight excluding hydrogens is 265 g/mol. The molecule has 1 aliphatic rings. The minimum absolute atomic E-state index is 0.101. The molecule has 0 atom stereocenters. The van der Waals surface area contributed by atoms with Crippen LogP contribution in [0.5, 0.6) is 5.75 Å². The fraction of sp³-hybridized carbons (Fsp3) is 0.385. The molecule has 0 aromatic heterocycles. The Morgan fingerprint density at radius 2 is 2.05 bits per heavy atom. The average Bonchev–Trinajstić information content (AvgIpc) is 2.35. The molecule has 1 heterocycles. The first-order chi connectivity index (χ1) is 9.27. The van der Waals surface area contributed by atoms with Crippen molar-refractivity contribution in [3.63, 3.8) is 0 Å². The van der Waals surface area contributed by atoms with Gasteiger partial charge in [0.15, 0.2) is 0 Å². The lowest BCUT2D eigenvalue weighted by molar-refractivity contribution is -0.135. The highest BCUT2D eigenvalue weighted by atomic mass is 19.1. The van der Waals surface area contributed by atoms with Crippen LogP contribution in [0.15, 0.2) is 12.1 Å². The molecule has 0 bridgehead atoms. The van der Waals surface area contributed by atoms with Gasteiger partial charge < -0.3 is 15.4 Å². The van der Waals surface area contributed by atoms with E-state index in [1.165, 1.54) is 18.1 Å². The van der Waals surface area contributed by atoms with Crippen molar-refractivity contribution in [2.75, 3.05) is 24.3 Å². The van der Waals surface area contributed by atoms with Crippen molar-refractivity contribution in [2.45, 2.75) is 19.4 Å². The number of hydrogen-bond donors (Lipinski definition) is 2. The maximum absolute atomic E-state index is 14.1. The van der Waals surface area contributed by atoms with Crippen LogP contribution >= 0.6 is 0 Å². The summed E-state index contributed by atoms with van der Waals surface area (Å²) < 4.78 is 19.2. The predicted octanol–water partition coefficient (Wildman–Crippen LogP) is 0.658. The van der Waals surface area contributed by atoms with E-state index < -0.39 is 23.2 Å². The quantitative estimate of drug-likeness (QED) is 0.614. The van der Waals surface area contributed by atoms with Crippen LogP contribution in [-0.4, -0.2) is 31.0 Å². The molecule has 1 aliphatic heterocycles. The van der Waals surface area contributed by atoms with Crippen molar-refractivity contribution >= 4 is 23.2 Å². The third-order valence-corrected chi connectivity index (χ3v) is 3.38. The van der Waals surface area contributed by atoms with E-state index >= 15 is 0 Å². The molecule has 1 aromatic carbocycles. The van der Waals surface area contributed by atoms with Crippen molar-refractivity contribution in [1.82, 2.24) is 5.32 Å². The zero-order valence-corrected chi connectivity index (χ0v) is 11.5. The Morgan fingerprint density at radius 1 is 1.40 bits per heavy atom. The fourth-order valence-corrected chi connectivity index (χ4v) is 2.11. The van der Waals surface area contributed by atoms with E-state index in [4.69, 9.17) is 10.5 Å². The zero-order chi connectivity index (χ0) is 15.1. The summed E-state index contributed by atoms with van der Waals surface area (Å²) in [7, 11) is 1.41. The summed E-state index contributed by atoms with van der Waals surface area (Å²) in [6, 6.07) is 2.50. The number of carbonyl (C=O) groups excluding carboxylic acids is 2. The van der Waals surface area contributed by atoms with Crippen LogP contribution in [0, 0.1) is 5.82 Å². The largest absolute Gasteiger partial charge is 0.495 e. The van der Waals surface area contributed by atoms with E-state index in [1.54, 1.807) is 13.8 Å². The van der Waals surface area contributed by atoms with Gasteiger partial charge >= 0.3 is 0 Å². The van der Waals surface area contributed by atoms with Crippen LogP contribution in [0.3, 0.4) is 0 Å². The molecule has 0 saturated carbocycles. The third-order valence-electron chi connectivity index (χ3n) is 3.38. The molecular formula is C13H16FN3O3. The van der Waals surface area contributed by atoms with Gasteiger partial charge in [-0.05, 0) is 13.8 Å². The van der Waals surface area contributed by atoms with Crippen molar-refractivity contribution < 1.29 is 18.7 Å². The smallest absolute Gasteiger partial charge is 0.251 e. The van der Waals surface area contributed by atoms with E-state index in [-0.39, 0.29) is 23.7 Å². The standard InChI is InChI=1S/C13H16FN3O3/c1-13(2)12(19)16-11(18)6-17(13)9-5-10(20-3)8(15)4-7(9)14/h4-5H,6,15H2,1-3H3,(H,16,18,19). The summed E-state index contributed by atoms with van der Waals surface area (Å²) in [6.45, 7) is 3.09. The Labute approximate surface area is 115 Å². The van der Waals surface area contributed by atoms with Gasteiger partial charge in [-0.25, -0.2) is 4.39 Å². The van der Waals surface area contributed by atoms with E-state index in [0.29, 0.717) is 0 Å². The lowest BCUT2D eigenvalue weighted by atomic mass is 9.97. The molecule has 7 heteroatoms. The molecule has 6 nitrogen and oxygen atoms in total. The number of nitrogens with two attached hydrogens (primary N) is 1. The Kier molecular flexibility index (Phi) is 3.29. The Bertz CT molecular complexity index is 586. The Hall–Kier alpha value is -2.31. The highest BCUT2D eigenvalue weighted by Gasteiger charge is 2.42. The lowest BCUT2D eigenvalue weighted by Crippen LogP contribution is -2.64. The highest BCUT2D eigenvalue weighted by molar-refractivity contribution is 6.06. The molecule has 0 radical (unpaired) electrons. The lowest BCUT2D eigenvalue weighted by Gasteiger charge is -2.41. The van der Waals surface area contributed by atoms with Crippen LogP contribution in [0.25, 0.3) is 0 Å². The number of anilines is 2. The van der Waals surface area contributed by atoms with Crippen LogP contribution in [0.4, 0.5) is 15.8 Å². The Balaban J connectivity index is 2.54. The number of hydrogen-bond acceptors (Lipinski definition) is 5. The molecule has 1 saturated heterocycles. The van der Waals surface area contributed by atoms with Gasteiger partial charge in [0, 0.05) is 12.1 Å². The van der Waals surface area contributed by atoms with Crippen molar-refractivity contribution in [2.24, 2.45) is 0 Å². The third kappa shape index (κ3) is 2.15. The number of carbonyl (C=O) groups is 2. The number of imide groups is 1. The van der Waals surface area contributed by atoms with Gasteiger partial charge in [-0.1, -0.05) is 0 Å². The van der Waals surface area contributed by atoms with Crippen molar-refractivity contribution in [3.8, 4) is 5.75 Å². The van der Waals surface area contributed by atoms with E-state index in [9.17, 15) is 14.0 Å². The first-order valence-corrected chi connectivity index (χ1v) is 6.02. The molecule has 20 heavy (non-hydrogen) atoms. The molecule has 2 amide bonds. The molecule has 0 spiro atoms. The molecule has 0 aliphatic carbocycles. The summed E-state index contributed by atoms with van der Waals surface area (Å²) in [5.74, 6) is -1.29. The van der Waals surface area contributed by atoms with Crippen LogP contribution in [0.2, 0.25) is 0 Å². The normalized spacial score (nSPS) is 17.9. The SMILES string of the molecule is COc1cc(N2CC(=O)NC(=O)C2(C)C)c(F)cc1N. The van der Waals surface area contributed by atoms with Crippen molar-refractivity contribution in [1.29, 1.82) is 0 Å². The van der Waals surface area contributed by atoms with Gasteiger partial charge in [0.1, 0.15) is 17.1 Å². The van der Waals surface area contributed by atoms with Gasteiger partial charge in [0.2, 0.25) is 5.91 Å². The number of amides is 2. The number of nitrogens with one attached hydrogen (secondary N) is 1. The fourth-order valence-electron chi connectivity index (χ4n) is 2.11. The van der Waals surface area contributed by atoms with Gasteiger partial charge in [-0.15, -0.1) is 0 Å². The monoisotopic (exact) mass is 281 g/mol. The first kappa shape index (κ1) is 14.1. The zero-order valence-electron chi connectivity index (χ0n) is 11.5. The number of nitrogens with zero attached hydrogens (tertiary/aromatic N) is 1. The van der Waals surface area contributed by atoms with E-state index in [1.807, 2.05) is 0 Å². The number of piperazine rings is 1. The second-order valence-electron chi connectivity index (χ2n) is 5.07. The van der Waals surface area contributed by atoms with E-state index in [2.05, 4.69) is 5.32 Å². The summed E-state index contributed by atoms with van der Waals surface area (Å²) in [4.78, 5) is 24.8. The number of methoxy groups -OCH3 is 1. The molecule has 2 rings (SSSR count). The van der Waals surface area contributed by atoms with Gasteiger partial charge in [0.25, 0.3) is 5.91 Å². The predicted molar refractivity (Wildman–Crippen MR) is 71.9 cm³/mol. The second kappa shape index (κ2) is 4.66. The molecule has 1 aromatic rings. The van der Waals surface area contributed by atoms with E-state index in [0.717, 1.165) is 6.07 Å². The highest BCUT2D eigenvalue weighted by Crippen LogP contribution is 2.34. The number of benzene rings is 1. The summed E-state index contributed by atoms with van der Waals surface area (Å²) in [5.41, 5.74) is 4.82. The number of halogens is 1. The number of rotatable bonds is 2.